The molecular formula is C14H16Cl2FN3. The van der Waals surface area contributed by atoms with E-state index in [4.69, 9.17) is 28.9 Å². The Balaban J connectivity index is 2.13. The molecule has 2 rings (SSSR count). The van der Waals surface area contributed by atoms with Crippen LogP contribution in [0.3, 0.4) is 0 Å². The van der Waals surface area contributed by atoms with Crippen LogP contribution < -0.4 is 5.73 Å². The number of rotatable bonds is 4. The van der Waals surface area contributed by atoms with Gasteiger partial charge in [-0.15, -0.1) is 0 Å². The fourth-order valence-corrected chi connectivity index (χ4v) is 2.64. The summed E-state index contributed by atoms with van der Waals surface area (Å²) in [6.07, 6.45) is 0.926. The van der Waals surface area contributed by atoms with Gasteiger partial charge in [0.25, 0.3) is 0 Å². The van der Waals surface area contributed by atoms with Crippen LogP contribution in [0.1, 0.15) is 17.0 Å². The monoisotopic (exact) mass is 315 g/mol. The average Bonchev–Trinajstić information content (AvgIpc) is 2.62. The molecule has 0 spiro atoms. The fraction of sp³-hybridized carbons (Fsp3) is 0.357. The Hall–Kier alpha value is -1.10. The van der Waals surface area contributed by atoms with Gasteiger partial charge in [0, 0.05) is 19.5 Å². The van der Waals surface area contributed by atoms with Crippen LogP contribution in [0.5, 0.6) is 0 Å². The molecule has 20 heavy (non-hydrogen) atoms. The van der Waals surface area contributed by atoms with E-state index in [2.05, 4.69) is 5.10 Å². The number of aryl methyl sites for hydroxylation is 2. The first-order chi connectivity index (χ1) is 9.40. The van der Waals surface area contributed by atoms with E-state index >= 15 is 0 Å². The van der Waals surface area contributed by atoms with Crippen LogP contribution in [0.25, 0.3) is 0 Å². The molecule has 0 amide bonds. The van der Waals surface area contributed by atoms with Crippen LogP contribution >= 0.6 is 23.2 Å². The quantitative estimate of drug-likeness (QED) is 0.941. The first kappa shape index (κ1) is 15.3. The van der Waals surface area contributed by atoms with E-state index in [1.165, 1.54) is 6.07 Å². The Morgan fingerprint density at radius 3 is 2.65 bits per heavy atom. The molecule has 1 aromatic heterocycles. The molecule has 1 aromatic carbocycles. The lowest BCUT2D eigenvalue weighted by Gasteiger charge is -2.13. The summed E-state index contributed by atoms with van der Waals surface area (Å²) in [5.74, 6) is -0.406. The standard InChI is InChI=1S/C14H16Cl2FN3/c1-8-13(16)12(20(2)19-8)7-10(18)6-9-4-3-5-11(15)14(9)17/h3-5,10H,6-7,18H2,1-2H3. The SMILES string of the molecule is Cc1nn(C)c(CC(N)Cc2cccc(Cl)c2F)c1Cl. The Morgan fingerprint density at radius 1 is 1.35 bits per heavy atom. The van der Waals surface area contributed by atoms with Gasteiger partial charge >= 0.3 is 0 Å². The van der Waals surface area contributed by atoms with E-state index in [-0.39, 0.29) is 11.1 Å². The zero-order valence-corrected chi connectivity index (χ0v) is 12.8. The second-order valence-corrected chi connectivity index (χ2v) is 5.64. The summed E-state index contributed by atoms with van der Waals surface area (Å²) >= 11 is 11.9. The molecule has 0 aliphatic carbocycles. The molecule has 1 atom stereocenters. The molecule has 3 nitrogen and oxygen atoms in total. The van der Waals surface area contributed by atoms with Gasteiger partial charge < -0.3 is 5.73 Å². The largest absolute Gasteiger partial charge is 0.327 e. The molecule has 1 heterocycles. The second-order valence-electron chi connectivity index (χ2n) is 4.85. The Kier molecular flexibility index (Phi) is 4.68. The molecule has 6 heteroatoms. The highest BCUT2D eigenvalue weighted by atomic mass is 35.5. The first-order valence-corrected chi connectivity index (χ1v) is 7.02. The van der Waals surface area contributed by atoms with E-state index in [0.29, 0.717) is 23.4 Å². The summed E-state index contributed by atoms with van der Waals surface area (Å²) in [4.78, 5) is 0. The van der Waals surface area contributed by atoms with E-state index < -0.39 is 5.82 Å². The third-order valence-corrected chi connectivity index (χ3v) is 4.01. The maximum Gasteiger partial charge on any atom is 0.145 e. The van der Waals surface area contributed by atoms with Gasteiger partial charge in [0.2, 0.25) is 0 Å². The summed E-state index contributed by atoms with van der Waals surface area (Å²) in [6, 6.07) is 4.68. The number of aromatic nitrogens is 2. The fourth-order valence-electron chi connectivity index (χ4n) is 2.21. The van der Waals surface area contributed by atoms with E-state index in [1.54, 1.807) is 16.8 Å². The molecule has 108 valence electrons. The van der Waals surface area contributed by atoms with Crippen molar-refractivity contribution in [3.63, 3.8) is 0 Å². The van der Waals surface area contributed by atoms with Crippen LogP contribution in [0, 0.1) is 12.7 Å². The second kappa shape index (κ2) is 6.12. The Bertz CT molecular complexity index is 625. The maximum absolute atomic E-state index is 13.8. The van der Waals surface area contributed by atoms with Gasteiger partial charge in [0.1, 0.15) is 5.82 Å². The molecule has 0 bridgehead atoms. The third kappa shape index (κ3) is 3.14. The number of hydrogen-bond donors (Lipinski definition) is 1. The van der Waals surface area contributed by atoms with Crippen molar-refractivity contribution in [1.29, 1.82) is 0 Å². The lowest BCUT2D eigenvalue weighted by atomic mass is 10.0. The van der Waals surface area contributed by atoms with Gasteiger partial charge in [-0.2, -0.15) is 5.10 Å². The molecule has 2 N–H and O–H groups in total. The average molecular weight is 316 g/mol. The topological polar surface area (TPSA) is 43.8 Å². The van der Waals surface area contributed by atoms with Crippen LogP contribution in [-0.4, -0.2) is 15.8 Å². The summed E-state index contributed by atoms with van der Waals surface area (Å²) < 4.78 is 15.5. The van der Waals surface area contributed by atoms with Crippen molar-refractivity contribution in [2.45, 2.75) is 25.8 Å². The molecule has 0 radical (unpaired) electrons. The lowest BCUT2D eigenvalue weighted by Crippen LogP contribution is -2.27. The summed E-state index contributed by atoms with van der Waals surface area (Å²) in [7, 11) is 1.82. The number of halogens is 3. The molecule has 0 fully saturated rings. The van der Waals surface area contributed by atoms with Crippen LogP contribution in [0.15, 0.2) is 18.2 Å². The number of nitrogens with zero attached hydrogens (tertiary/aromatic N) is 2. The normalized spacial score (nSPS) is 12.7. The molecule has 0 saturated heterocycles. The zero-order chi connectivity index (χ0) is 14.9. The van der Waals surface area contributed by atoms with E-state index in [0.717, 1.165) is 11.4 Å². The highest BCUT2D eigenvalue weighted by Crippen LogP contribution is 2.23. The van der Waals surface area contributed by atoms with Crippen LogP contribution in [-0.2, 0) is 19.9 Å². The summed E-state index contributed by atoms with van der Waals surface area (Å²) in [6.45, 7) is 1.84. The molecule has 1 unspecified atom stereocenters. The van der Waals surface area contributed by atoms with Gasteiger partial charge in [-0.3, -0.25) is 4.68 Å². The van der Waals surface area contributed by atoms with Gasteiger partial charge in [-0.25, -0.2) is 4.39 Å². The Morgan fingerprint density at radius 2 is 2.05 bits per heavy atom. The third-order valence-electron chi connectivity index (χ3n) is 3.23. The number of nitrogens with two attached hydrogens (primary N) is 1. The molecule has 0 saturated carbocycles. The summed E-state index contributed by atoms with van der Waals surface area (Å²) in [5, 5.41) is 4.97. The maximum atomic E-state index is 13.8. The molecule has 0 aliphatic rings. The van der Waals surface area contributed by atoms with Crippen molar-refractivity contribution in [2.75, 3.05) is 0 Å². The molecule has 0 aliphatic heterocycles. The molecule has 2 aromatic rings. The smallest absolute Gasteiger partial charge is 0.145 e. The predicted molar refractivity (Wildman–Crippen MR) is 79.7 cm³/mol. The number of hydrogen-bond acceptors (Lipinski definition) is 2. The highest BCUT2D eigenvalue weighted by molar-refractivity contribution is 6.31. The van der Waals surface area contributed by atoms with E-state index in [1.807, 2.05) is 14.0 Å². The molecular weight excluding hydrogens is 300 g/mol. The van der Waals surface area contributed by atoms with E-state index in [9.17, 15) is 4.39 Å². The van der Waals surface area contributed by atoms with Crippen molar-refractivity contribution in [3.05, 3.63) is 51.0 Å². The minimum absolute atomic E-state index is 0.115. The first-order valence-electron chi connectivity index (χ1n) is 6.26. The van der Waals surface area contributed by atoms with Crippen LogP contribution in [0.2, 0.25) is 10.0 Å². The van der Waals surface area contributed by atoms with Crippen molar-refractivity contribution in [2.24, 2.45) is 12.8 Å². The Labute approximate surface area is 127 Å². The summed E-state index contributed by atoms with van der Waals surface area (Å²) in [5.41, 5.74) is 8.24. The zero-order valence-electron chi connectivity index (χ0n) is 11.3. The lowest BCUT2D eigenvalue weighted by molar-refractivity contribution is 0.572. The van der Waals surface area contributed by atoms with Gasteiger partial charge in [0.05, 0.1) is 21.4 Å². The van der Waals surface area contributed by atoms with Gasteiger partial charge in [-0.1, -0.05) is 35.3 Å². The minimum atomic E-state index is -0.406. The van der Waals surface area contributed by atoms with Crippen molar-refractivity contribution in [1.82, 2.24) is 9.78 Å². The van der Waals surface area contributed by atoms with Crippen LogP contribution in [0.4, 0.5) is 4.39 Å². The van der Waals surface area contributed by atoms with Crippen molar-refractivity contribution in [3.8, 4) is 0 Å². The predicted octanol–water partition coefficient (Wildman–Crippen LogP) is 3.29. The van der Waals surface area contributed by atoms with Crippen molar-refractivity contribution >= 4 is 23.2 Å². The highest BCUT2D eigenvalue weighted by Gasteiger charge is 2.16. The number of benzene rings is 1. The minimum Gasteiger partial charge on any atom is -0.327 e. The van der Waals surface area contributed by atoms with Gasteiger partial charge in [0.15, 0.2) is 0 Å². The van der Waals surface area contributed by atoms with Crippen molar-refractivity contribution < 1.29 is 4.39 Å². The van der Waals surface area contributed by atoms with Gasteiger partial charge in [-0.05, 0) is 25.0 Å².